The lowest BCUT2D eigenvalue weighted by Gasteiger charge is -2.26. The van der Waals surface area contributed by atoms with Crippen LogP contribution in [0.25, 0.3) is 0 Å². The van der Waals surface area contributed by atoms with E-state index in [2.05, 4.69) is 15.4 Å². The topological polar surface area (TPSA) is 73.9 Å². The van der Waals surface area contributed by atoms with E-state index in [0.29, 0.717) is 0 Å². The molecule has 0 amide bonds. The molecule has 1 heterocycles. The summed E-state index contributed by atoms with van der Waals surface area (Å²) in [4.78, 5) is 2.51. The van der Waals surface area contributed by atoms with Gasteiger partial charge in [-0.25, -0.2) is 0 Å². The molecular weight excluding hydrogens is 284 g/mol. The zero-order valence-corrected chi connectivity index (χ0v) is 13.3. The van der Waals surface area contributed by atoms with Crippen LogP contribution >= 0.6 is 11.8 Å². The van der Waals surface area contributed by atoms with Gasteiger partial charge in [0.05, 0.1) is 0 Å². The quantitative estimate of drug-likeness (QED) is 0.242. The molecule has 0 aliphatic carbocycles. The number of thioether (sulfide) groups is 1. The smallest absolute Gasteiger partial charge is 0.170 e. The van der Waals surface area contributed by atoms with Crippen LogP contribution in [0.1, 0.15) is 16.7 Å². The Labute approximate surface area is 130 Å². The van der Waals surface area contributed by atoms with Gasteiger partial charge in [0.2, 0.25) is 0 Å². The van der Waals surface area contributed by atoms with Crippen LogP contribution in [-0.4, -0.2) is 53.6 Å². The van der Waals surface area contributed by atoms with Crippen LogP contribution in [0.15, 0.2) is 23.4 Å². The van der Waals surface area contributed by atoms with Crippen molar-refractivity contribution in [3.8, 4) is 0 Å². The molecule has 1 aromatic rings. The van der Waals surface area contributed by atoms with Gasteiger partial charge in [-0.15, -0.1) is 0 Å². The molecular formula is C15H24N4OS. The van der Waals surface area contributed by atoms with Gasteiger partial charge in [0.15, 0.2) is 5.84 Å². The average molecular weight is 308 g/mol. The summed E-state index contributed by atoms with van der Waals surface area (Å²) in [5, 5.41) is 15.2. The molecule has 0 unspecified atom stereocenters. The van der Waals surface area contributed by atoms with E-state index in [1.54, 1.807) is 0 Å². The van der Waals surface area contributed by atoms with E-state index >= 15 is 0 Å². The van der Waals surface area contributed by atoms with Crippen molar-refractivity contribution >= 4 is 17.6 Å². The van der Waals surface area contributed by atoms with Crippen LogP contribution in [0.4, 0.5) is 0 Å². The number of rotatable bonds is 6. The fraction of sp³-hybridized carbons (Fsp3) is 0.533. The summed E-state index contributed by atoms with van der Waals surface area (Å²) in [7, 11) is 0. The summed E-state index contributed by atoms with van der Waals surface area (Å²) in [6.07, 6.45) is 0. The van der Waals surface area contributed by atoms with Gasteiger partial charge in [-0.1, -0.05) is 17.3 Å². The van der Waals surface area contributed by atoms with Crippen LogP contribution in [0, 0.1) is 6.92 Å². The van der Waals surface area contributed by atoms with Gasteiger partial charge in [0, 0.05) is 49.8 Å². The highest BCUT2D eigenvalue weighted by molar-refractivity contribution is 7.99. The number of hydrogen-bond acceptors (Lipinski definition) is 5. The van der Waals surface area contributed by atoms with Gasteiger partial charge in [0.25, 0.3) is 0 Å². The Balaban J connectivity index is 1.77. The maximum absolute atomic E-state index is 8.69. The van der Waals surface area contributed by atoms with Crippen molar-refractivity contribution in [1.29, 1.82) is 0 Å². The van der Waals surface area contributed by atoms with Crippen molar-refractivity contribution in [2.75, 3.05) is 37.7 Å². The molecule has 0 bridgehead atoms. The van der Waals surface area contributed by atoms with E-state index < -0.39 is 0 Å². The average Bonchev–Trinajstić information content (AvgIpc) is 2.53. The minimum atomic E-state index is 0.153. The minimum Gasteiger partial charge on any atom is -0.409 e. The predicted octanol–water partition coefficient (Wildman–Crippen LogP) is 1.23. The summed E-state index contributed by atoms with van der Waals surface area (Å²) < 4.78 is 0. The van der Waals surface area contributed by atoms with Crippen LogP contribution in [-0.2, 0) is 6.54 Å². The third-order valence-corrected chi connectivity index (χ3v) is 4.71. The van der Waals surface area contributed by atoms with E-state index in [1.807, 2.05) is 36.9 Å². The van der Waals surface area contributed by atoms with E-state index in [9.17, 15) is 0 Å². The van der Waals surface area contributed by atoms with Crippen LogP contribution < -0.4 is 11.1 Å². The molecule has 4 N–H and O–H groups in total. The number of hydrogen-bond donors (Lipinski definition) is 3. The number of nitrogens with one attached hydrogen (secondary N) is 1. The summed E-state index contributed by atoms with van der Waals surface area (Å²) in [5.41, 5.74) is 8.75. The van der Waals surface area contributed by atoms with Crippen LogP contribution in [0.3, 0.4) is 0 Å². The molecule has 1 fully saturated rings. The molecule has 6 heteroatoms. The van der Waals surface area contributed by atoms with E-state index in [0.717, 1.165) is 30.8 Å². The number of oxime groups is 1. The minimum absolute atomic E-state index is 0.153. The lowest BCUT2D eigenvalue weighted by Crippen LogP contribution is -2.37. The van der Waals surface area contributed by atoms with Crippen LogP contribution in [0.5, 0.6) is 0 Å². The second-order valence-corrected chi connectivity index (χ2v) is 6.48. The third kappa shape index (κ3) is 4.91. The second kappa shape index (κ2) is 8.26. The molecule has 5 nitrogen and oxygen atoms in total. The largest absolute Gasteiger partial charge is 0.409 e. The maximum Gasteiger partial charge on any atom is 0.170 e. The molecule has 1 aromatic carbocycles. The number of nitrogens with two attached hydrogens (primary N) is 1. The molecule has 2 rings (SSSR count). The molecule has 1 aliphatic rings. The Morgan fingerprint density at radius 1 is 1.43 bits per heavy atom. The van der Waals surface area contributed by atoms with E-state index in [-0.39, 0.29) is 5.84 Å². The van der Waals surface area contributed by atoms with Crippen molar-refractivity contribution < 1.29 is 5.21 Å². The summed E-state index contributed by atoms with van der Waals surface area (Å²) >= 11 is 2.04. The first kappa shape index (κ1) is 16.1. The fourth-order valence-corrected chi connectivity index (χ4v) is 3.38. The second-order valence-electron chi connectivity index (χ2n) is 5.26. The SMILES string of the molecule is Cc1cc(/C(N)=N/O)ccc1CNCCN1CCSCC1. The Hall–Kier alpha value is -1.24. The lowest BCUT2D eigenvalue weighted by atomic mass is 10.0. The third-order valence-electron chi connectivity index (χ3n) is 3.77. The van der Waals surface area contributed by atoms with Crippen molar-refractivity contribution in [2.24, 2.45) is 10.9 Å². The van der Waals surface area contributed by atoms with E-state index in [1.165, 1.54) is 30.2 Å². The summed E-state index contributed by atoms with van der Waals surface area (Å²) in [6.45, 7) is 7.44. The van der Waals surface area contributed by atoms with Gasteiger partial charge in [-0.2, -0.15) is 11.8 Å². The molecule has 0 atom stereocenters. The van der Waals surface area contributed by atoms with Crippen molar-refractivity contribution in [3.63, 3.8) is 0 Å². The van der Waals surface area contributed by atoms with E-state index in [4.69, 9.17) is 10.9 Å². The number of aryl methyl sites for hydroxylation is 1. The van der Waals surface area contributed by atoms with Crippen LogP contribution in [0.2, 0.25) is 0 Å². The predicted molar refractivity (Wildman–Crippen MR) is 89.2 cm³/mol. The zero-order valence-electron chi connectivity index (χ0n) is 12.5. The normalized spacial score (nSPS) is 17.1. The summed E-state index contributed by atoms with van der Waals surface area (Å²) in [5.74, 6) is 2.67. The molecule has 21 heavy (non-hydrogen) atoms. The zero-order chi connectivity index (χ0) is 15.1. The molecule has 0 aromatic heterocycles. The van der Waals surface area contributed by atoms with Gasteiger partial charge in [0.1, 0.15) is 0 Å². The van der Waals surface area contributed by atoms with Gasteiger partial charge >= 0.3 is 0 Å². The first-order valence-corrected chi connectivity index (χ1v) is 8.44. The molecule has 116 valence electrons. The Morgan fingerprint density at radius 3 is 2.86 bits per heavy atom. The standard InChI is InChI=1S/C15H24N4OS/c1-12-10-13(15(16)18-20)2-3-14(12)11-17-4-5-19-6-8-21-9-7-19/h2-3,10,17,20H,4-9,11H2,1H3,(H2,16,18). The lowest BCUT2D eigenvalue weighted by molar-refractivity contribution is 0.301. The Bertz CT molecular complexity index is 487. The molecule has 0 radical (unpaired) electrons. The highest BCUT2D eigenvalue weighted by Crippen LogP contribution is 2.11. The number of amidine groups is 1. The first-order valence-electron chi connectivity index (χ1n) is 7.29. The van der Waals surface area contributed by atoms with Gasteiger partial charge in [-0.05, 0) is 24.1 Å². The molecule has 1 aliphatic heterocycles. The molecule has 0 saturated carbocycles. The van der Waals surface area contributed by atoms with Crippen molar-refractivity contribution in [3.05, 3.63) is 34.9 Å². The monoisotopic (exact) mass is 308 g/mol. The Morgan fingerprint density at radius 2 is 2.19 bits per heavy atom. The highest BCUT2D eigenvalue weighted by Gasteiger charge is 2.09. The van der Waals surface area contributed by atoms with Crippen molar-refractivity contribution in [2.45, 2.75) is 13.5 Å². The Kier molecular flexibility index (Phi) is 6.35. The van der Waals surface area contributed by atoms with Crippen molar-refractivity contribution in [1.82, 2.24) is 10.2 Å². The maximum atomic E-state index is 8.69. The number of nitrogens with zero attached hydrogens (tertiary/aromatic N) is 2. The first-order chi connectivity index (χ1) is 10.2. The highest BCUT2D eigenvalue weighted by atomic mass is 32.2. The van der Waals surface area contributed by atoms with Gasteiger partial charge < -0.3 is 21.2 Å². The summed E-state index contributed by atoms with van der Waals surface area (Å²) in [6, 6.07) is 5.88. The molecule has 1 saturated heterocycles. The van der Waals surface area contributed by atoms with Gasteiger partial charge in [-0.3, -0.25) is 0 Å². The number of benzene rings is 1. The molecule has 0 spiro atoms. The fourth-order valence-electron chi connectivity index (χ4n) is 2.40.